The van der Waals surface area contributed by atoms with E-state index in [1.54, 1.807) is 14.0 Å². The van der Waals surface area contributed by atoms with Gasteiger partial charge < -0.3 is 54.4 Å². The molecule has 4 heterocycles. The molecule has 22 heteroatoms. The molecule has 4 rings (SSSR count). The van der Waals surface area contributed by atoms with E-state index in [0.29, 0.717) is 60.3 Å². The van der Waals surface area contributed by atoms with Gasteiger partial charge in [0.05, 0.1) is 6.61 Å². The third-order valence-electron chi connectivity index (χ3n) is 11.1. The lowest BCUT2D eigenvalue weighted by atomic mass is 10.4. The van der Waals surface area contributed by atoms with E-state index in [9.17, 15) is 4.79 Å². The van der Waals surface area contributed by atoms with Crippen molar-refractivity contribution in [2.75, 3.05) is 13.7 Å². The molecule has 59 heavy (non-hydrogen) atoms. The molecule has 4 fully saturated rings. The molecular formula is C37H80O14Si8. The molecule has 4 aliphatic rings. The van der Waals surface area contributed by atoms with E-state index in [1.165, 1.54) is 0 Å². The van der Waals surface area contributed by atoms with E-state index >= 15 is 0 Å². The fourth-order valence-electron chi connectivity index (χ4n) is 7.95. The lowest BCUT2D eigenvalue weighted by Gasteiger charge is -2.60. The number of esters is 1. The zero-order valence-electron chi connectivity index (χ0n) is 38.4. The number of hydrogen-bond acceptors (Lipinski definition) is 14. The van der Waals surface area contributed by atoms with Crippen LogP contribution in [-0.4, -0.2) is 89.9 Å². The van der Waals surface area contributed by atoms with Gasteiger partial charge in [-0.2, -0.15) is 0 Å². The van der Waals surface area contributed by atoms with Crippen LogP contribution in [0.1, 0.15) is 152 Å². The van der Waals surface area contributed by atoms with Gasteiger partial charge in [-0.1, -0.05) is 106 Å². The average Bonchev–Trinajstić information content (AvgIpc) is 3.17. The van der Waals surface area contributed by atoms with E-state index in [1.807, 2.05) is 0 Å². The molecule has 0 N–H and O–H groups in total. The Morgan fingerprint density at radius 2 is 0.729 bits per heavy atom. The summed E-state index contributed by atoms with van der Waals surface area (Å²) in [5.41, 5.74) is 0.340. The molecule has 8 unspecified atom stereocenters. The number of ether oxygens (including phenoxy) is 1. The van der Waals surface area contributed by atoms with Crippen molar-refractivity contribution >= 4 is 76.2 Å². The van der Waals surface area contributed by atoms with Crippen LogP contribution < -0.4 is 0 Å². The number of fused-ring (bicyclic) bond motifs is 4. The molecule has 344 valence electrons. The van der Waals surface area contributed by atoms with Gasteiger partial charge in [-0.25, -0.2) is 4.79 Å². The fraction of sp³-hybridized carbons (Fsp3) is 0.919. The van der Waals surface area contributed by atoms with E-state index in [-0.39, 0.29) is 6.61 Å². The first-order valence-electron chi connectivity index (χ1n) is 23.2. The normalized spacial score (nSPS) is 36.9. The first-order chi connectivity index (χ1) is 28.1. The van der Waals surface area contributed by atoms with Crippen molar-refractivity contribution in [2.24, 2.45) is 0 Å². The first kappa shape index (κ1) is 52.1. The number of hydrogen-bond donors (Lipinski definition) is 0. The van der Waals surface area contributed by atoms with Gasteiger partial charge in [0.25, 0.3) is 0 Å². The standard InChI is InChI=1S/C37H80O14Si8/c1-12-19-28-52(11)41-54(30-21-14-3)45-56(31-22-15-4)43-53(39-10,29-20-13-2)44-57(32-23-16-5)47-55(42-52,35-26-27-40-37(38)36(8)9)48-58(46-54,33-24-17-6)51-59(49-56,50-57)34-25-18-7/h8,12-35H2,1-7,9-11H3. The van der Waals surface area contributed by atoms with E-state index in [2.05, 4.69) is 61.6 Å². The lowest BCUT2D eigenvalue weighted by Crippen LogP contribution is -2.85. The van der Waals surface area contributed by atoms with E-state index < -0.39 is 76.2 Å². The molecule has 8 atom stereocenters. The molecule has 6 bridgehead atoms. The van der Waals surface area contributed by atoms with Crippen LogP contribution in [0.25, 0.3) is 0 Å². The number of carbonyl (C=O) groups excluding carboxylic acids is 1. The fourth-order valence-corrected chi connectivity index (χ4v) is 57.2. The molecule has 0 saturated carbocycles. The van der Waals surface area contributed by atoms with Crippen LogP contribution >= 0.6 is 0 Å². The smallest absolute Gasteiger partial charge is 0.462 e. The summed E-state index contributed by atoms with van der Waals surface area (Å²) in [6.07, 6.45) is 12.3. The zero-order valence-corrected chi connectivity index (χ0v) is 46.4. The molecule has 0 aliphatic carbocycles. The van der Waals surface area contributed by atoms with Crippen molar-refractivity contribution in [1.82, 2.24) is 0 Å². The zero-order chi connectivity index (χ0) is 43.3. The Labute approximate surface area is 366 Å². The maximum atomic E-state index is 12.6. The van der Waals surface area contributed by atoms with Crippen molar-refractivity contribution in [2.45, 2.75) is 207 Å². The molecule has 4 saturated heterocycles. The van der Waals surface area contributed by atoms with Gasteiger partial charge in [0.1, 0.15) is 0 Å². The Hall–Kier alpha value is 0.465. The van der Waals surface area contributed by atoms with Crippen LogP contribution in [0.15, 0.2) is 12.2 Å². The van der Waals surface area contributed by atoms with Crippen molar-refractivity contribution in [1.29, 1.82) is 0 Å². The minimum Gasteiger partial charge on any atom is -0.462 e. The quantitative estimate of drug-likeness (QED) is 0.0334. The second-order valence-electron chi connectivity index (χ2n) is 17.0. The maximum absolute atomic E-state index is 12.6. The van der Waals surface area contributed by atoms with Crippen LogP contribution in [0.4, 0.5) is 0 Å². The van der Waals surface area contributed by atoms with Gasteiger partial charge in [0.2, 0.25) is 0 Å². The monoisotopic (exact) mass is 972 g/mol. The van der Waals surface area contributed by atoms with Crippen LogP contribution in [-0.2, 0) is 59.2 Å². The largest absolute Gasteiger partial charge is 0.485 e. The molecule has 0 radical (unpaired) electrons. The van der Waals surface area contributed by atoms with Crippen molar-refractivity contribution in [3.63, 3.8) is 0 Å². The molecule has 0 spiro atoms. The lowest BCUT2D eigenvalue weighted by molar-refractivity contribution is -0.139. The Bertz CT molecular complexity index is 1350. The third kappa shape index (κ3) is 13.7. The molecule has 4 aliphatic heterocycles. The molecular weight excluding hydrogens is 893 g/mol. The van der Waals surface area contributed by atoms with Gasteiger partial charge in [-0.15, -0.1) is 0 Å². The highest BCUT2D eigenvalue weighted by Gasteiger charge is 2.79. The minimum absolute atomic E-state index is 0.125. The topological polar surface area (TPSA) is 137 Å². The average molecular weight is 974 g/mol. The summed E-state index contributed by atoms with van der Waals surface area (Å²) >= 11 is 0. The minimum atomic E-state index is -4.03. The molecule has 0 aromatic heterocycles. The summed E-state index contributed by atoms with van der Waals surface area (Å²) in [4.78, 5) is 12.6. The SMILES string of the molecule is C=C(C)C(=O)OCCC[Si]12O[Si](C)(CCCC)O[Si]3(CCCC)O[Si]4(CCCC)O[Si](CCCC)(OC)O[Si](CCCC)(O1)O[Si](CCCC)(O4)O[Si](CCCC)(O3)O2. The van der Waals surface area contributed by atoms with Gasteiger partial charge >= 0.3 is 76.2 Å². The van der Waals surface area contributed by atoms with Gasteiger partial charge in [-0.3, -0.25) is 0 Å². The number of rotatable bonds is 27. The summed E-state index contributed by atoms with van der Waals surface area (Å²) < 4.78 is 97.7. The first-order valence-corrected chi connectivity index (χ1v) is 39.2. The summed E-state index contributed by atoms with van der Waals surface area (Å²) in [7, 11) is -28.9. The maximum Gasteiger partial charge on any atom is 0.485 e. The Balaban J connectivity index is 2.15. The van der Waals surface area contributed by atoms with Crippen molar-refractivity contribution in [3.05, 3.63) is 12.2 Å². The second kappa shape index (κ2) is 23.1. The predicted molar refractivity (Wildman–Crippen MR) is 244 cm³/mol. The van der Waals surface area contributed by atoms with Crippen molar-refractivity contribution < 1.29 is 59.2 Å². The highest BCUT2D eigenvalue weighted by atomic mass is 28.6. The number of unbranched alkanes of at least 4 members (excludes halogenated alkanes) is 7. The van der Waals surface area contributed by atoms with Gasteiger partial charge in [0.15, 0.2) is 0 Å². The van der Waals surface area contributed by atoms with Crippen molar-refractivity contribution in [3.8, 4) is 0 Å². The molecule has 14 nitrogen and oxygen atoms in total. The summed E-state index contributed by atoms with van der Waals surface area (Å²) in [6, 6.07) is 4.02. The highest BCUT2D eigenvalue weighted by molar-refractivity contribution is 7.01. The van der Waals surface area contributed by atoms with Gasteiger partial charge in [0, 0.05) is 55.0 Å². The van der Waals surface area contributed by atoms with Crippen LogP contribution in [0.5, 0.6) is 0 Å². The Morgan fingerprint density at radius 3 is 1.05 bits per heavy atom. The van der Waals surface area contributed by atoms with Crippen LogP contribution in [0.3, 0.4) is 0 Å². The van der Waals surface area contributed by atoms with Crippen LogP contribution in [0, 0.1) is 0 Å². The molecule has 0 aromatic rings. The highest BCUT2D eigenvalue weighted by Crippen LogP contribution is 2.52. The van der Waals surface area contributed by atoms with Crippen LogP contribution in [0.2, 0.25) is 54.9 Å². The summed E-state index contributed by atoms with van der Waals surface area (Å²) in [5, 5.41) is 0. The molecule has 0 amide bonds. The summed E-state index contributed by atoms with van der Waals surface area (Å²) in [6.45, 7) is 22.8. The summed E-state index contributed by atoms with van der Waals surface area (Å²) in [5.74, 6) is -0.443. The second-order valence-corrected chi connectivity index (χ2v) is 42.2. The number of carbonyl (C=O) groups is 1. The Morgan fingerprint density at radius 1 is 0.441 bits per heavy atom. The molecule has 0 aromatic carbocycles. The third-order valence-corrected chi connectivity index (χ3v) is 48.0. The Kier molecular flexibility index (Phi) is 20.4. The van der Waals surface area contributed by atoms with E-state index in [4.69, 9.17) is 54.4 Å². The van der Waals surface area contributed by atoms with E-state index in [0.717, 1.165) is 89.9 Å². The predicted octanol–water partition coefficient (Wildman–Crippen LogP) is 10.6. The van der Waals surface area contributed by atoms with Gasteiger partial charge in [-0.05, 0) is 64.5 Å².